The van der Waals surface area contributed by atoms with Crippen LogP contribution in [0.4, 0.5) is 0 Å². The van der Waals surface area contributed by atoms with Crippen molar-refractivity contribution < 1.29 is 27.9 Å². The van der Waals surface area contributed by atoms with Gasteiger partial charge in [0.2, 0.25) is 0 Å². The van der Waals surface area contributed by atoms with Crippen molar-refractivity contribution in [2.75, 3.05) is 26.2 Å². The van der Waals surface area contributed by atoms with Crippen LogP contribution in [0.2, 0.25) is 0 Å². The predicted molar refractivity (Wildman–Crippen MR) is 83.0 cm³/mol. The lowest BCUT2D eigenvalue weighted by Gasteiger charge is -2.19. The van der Waals surface area contributed by atoms with Gasteiger partial charge < -0.3 is 14.0 Å². The third kappa shape index (κ3) is 7.59. The van der Waals surface area contributed by atoms with Crippen molar-refractivity contribution in [1.29, 1.82) is 0 Å². The summed E-state index contributed by atoms with van der Waals surface area (Å²) in [7, 11) is -3.58. The maximum absolute atomic E-state index is 12.7. The molecule has 1 unspecified atom stereocenters. The Morgan fingerprint density at radius 3 is 2.55 bits per heavy atom. The maximum Gasteiger partial charge on any atom is 0.405 e. The molecule has 0 aliphatic rings. The number of carbonyl (C=O) groups is 1. The summed E-state index contributed by atoms with van der Waals surface area (Å²) in [5.74, 6) is -0.193. The molecule has 22 heavy (non-hydrogen) atoms. The van der Waals surface area contributed by atoms with E-state index in [1.54, 1.807) is 31.2 Å². The van der Waals surface area contributed by atoms with Crippen molar-refractivity contribution >= 4 is 13.6 Å². The highest BCUT2D eigenvalue weighted by atomic mass is 31.2. The normalized spacial score (nSPS) is 13.4. The molecule has 0 aliphatic carbocycles. The molecule has 0 aliphatic heterocycles. The molecule has 6 nitrogen and oxygen atoms in total. The van der Waals surface area contributed by atoms with Crippen molar-refractivity contribution in [3.05, 3.63) is 30.3 Å². The number of rotatable bonds is 11. The second-order valence-electron chi connectivity index (χ2n) is 4.48. The van der Waals surface area contributed by atoms with Crippen LogP contribution in [0.1, 0.15) is 26.7 Å². The van der Waals surface area contributed by atoms with E-state index in [-0.39, 0.29) is 13.0 Å². The minimum absolute atomic E-state index is 0.207. The second kappa shape index (κ2) is 10.4. The predicted octanol–water partition coefficient (Wildman–Crippen LogP) is 3.61. The Bertz CT molecular complexity index is 476. The van der Waals surface area contributed by atoms with Gasteiger partial charge in [-0.15, -0.1) is 0 Å². The van der Waals surface area contributed by atoms with E-state index in [0.29, 0.717) is 12.4 Å². The molecule has 1 rings (SSSR count). The molecule has 0 saturated carbocycles. The minimum atomic E-state index is -3.58. The van der Waals surface area contributed by atoms with E-state index < -0.39 is 20.2 Å². The van der Waals surface area contributed by atoms with Gasteiger partial charge in [0.15, 0.2) is 13.0 Å². The standard InChI is InChI=1S/C15H23O6P/c1-3-5-11-18-13-22(17,20-12-15(16)19-4-2)21-14-9-7-6-8-10-14/h6-10H,3-5,11-13H2,1-2H3. The summed E-state index contributed by atoms with van der Waals surface area (Å²) in [6.45, 7) is 3.97. The van der Waals surface area contributed by atoms with Crippen LogP contribution in [0.25, 0.3) is 0 Å². The van der Waals surface area contributed by atoms with Gasteiger partial charge in [-0.05, 0) is 25.5 Å². The van der Waals surface area contributed by atoms with E-state index in [4.69, 9.17) is 18.5 Å². The first kappa shape index (κ1) is 18.7. The zero-order valence-electron chi connectivity index (χ0n) is 13.0. The van der Waals surface area contributed by atoms with Crippen LogP contribution in [-0.4, -0.2) is 32.1 Å². The fourth-order valence-corrected chi connectivity index (χ4v) is 2.79. The number of para-hydroxylation sites is 1. The summed E-state index contributed by atoms with van der Waals surface area (Å²) in [5.41, 5.74) is 0. The molecule has 1 aromatic rings. The first-order valence-electron chi connectivity index (χ1n) is 7.31. The molecule has 0 bridgehead atoms. The van der Waals surface area contributed by atoms with Crippen LogP contribution in [0, 0.1) is 0 Å². The summed E-state index contributed by atoms with van der Waals surface area (Å²) in [6, 6.07) is 8.64. The van der Waals surface area contributed by atoms with Gasteiger partial charge in [0.25, 0.3) is 0 Å². The molecule has 1 atom stereocenters. The zero-order valence-corrected chi connectivity index (χ0v) is 13.9. The molecule has 7 heteroatoms. The van der Waals surface area contributed by atoms with E-state index in [1.165, 1.54) is 0 Å². The fraction of sp³-hybridized carbons (Fsp3) is 0.533. The molecular formula is C15H23O6P. The first-order chi connectivity index (χ1) is 10.6. The Morgan fingerprint density at radius 2 is 1.91 bits per heavy atom. The number of esters is 1. The van der Waals surface area contributed by atoms with Gasteiger partial charge in [-0.3, -0.25) is 4.52 Å². The van der Waals surface area contributed by atoms with Gasteiger partial charge in [-0.25, -0.2) is 9.36 Å². The Labute approximate surface area is 131 Å². The second-order valence-corrected chi connectivity index (χ2v) is 6.41. The topological polar surface area (TPSA) is 71.1 Å². The fourth-order valence-electron chi connectivity index (χ4n) is 1.51. The molecule has 0 N–H and O–H groups in total. The number of hydrogen-bond donors (Lipinski definition) is 0. The Kier molecular flexibility index (Phi) is 8.82. The van der Waals surface area contributed by atoms with Gasteiger partial charge in [0, 0.05) is 6.61 Å². The first-order valence-corrected chi connectivity index (χ1v) is 9.04. The zero-order chi connectivity index (χ0) is 16.3. The molecule has 0 amide bonds. The van der Waals surface area contributed by atoms with Crippen molar-refractivity contribution in [2.45, 2.75) is 26.7 Å². The quantitative estimate of drug-likeness (QED) is 0.351. The van der Waals surface area contributed by atoms with Gasteiger partial charge >= 0.3 is 13.6 Å². The summed E-state index contributed by atoms with van der Waals surface area (Å²) in [6.07, 6.45) is 1.61. The van der Waals surface area contributed by atoms with Gasteiger partial charge in [-0.1, -0.05) is 31.5 Å². The molecule has 1 aromatic carbocycles. The average molecular weight is 330 g/mol. The molecule has 0 fully saturated rings. The van der Waals surface area contributed by atoms with E-state index in [9.17, 15) is 9.36 Å². The largest absolute Gasteiger partial charge is 0.464 e. The monoisotopic (exact) mass is 330 g/mol. The molecule has 0 heterocycles. The lowest BCUT2D eigenvalue weighted by Crippen LogP contribution is -2.15. The van der Waals surface area contributed by atoms with Crippen LogP contribution in [0.15, 0.2) is 30.3 Å². The summed E-state index contributed by atoms with van der Waals surface area (Å²) in [5, 5.41) is 0. The molecular weight excluding hydrogens is 307 g/mol. The third-order valence-corrected chi connectivity index (χ3v) is 4.07. The van der Waals surface area contributed by atoms with Crippen molar-refractivity contribution in [3.63, 3.8) is 0 Å². The van der Waals surface area contributed by atoms with Gasteiger partial charge in [0.05, 0.1) is 6.61 Å². The number of carbonyl (C=O) groups excluding carboxylic acids is 1. The van der Waals surface area contributed by atoms with Crippen LogP contribution in [0.5, 0.6) is 5.75 Å². The number of ether oxygens (including phenoxy) is 2. The van der Waals surface area contributed by atoms with Crippen molar-refractivity contribution in [1.82, 2.24) is 0 Å². The number of benzene rings is 1. The minimum Gasteiger partial charge on any atom is -0.464 e. The van der Waals surface area contributed by atoms with Gasteiger partial charge in [-0.2, -0.15) is 0 Å². The third-order valence-electron chi connectivity index (χ3n) is 2.56. The van der Waals surface area contributed by atoms with E-state index >= 15 is 0 Å². The SMILES string of the molecule is CCCCOCP(=O)(OCC(=O)OCC)Oc1ccccc1. The lowest BCUT2D eigenvalue weighted by atomic mass is 10.3. The van der Waals surface area contributed by atoms with E-state index in [1.807, 2.05) is 13.0 Å². The van der Waals surface area contributed by atoms with Crippen molar-refractivity contribution in [2.24, 2.45) is 0 Å². The molecule has 0 radical (unpaired) electrons. The Balaban J connectivity index is 2.62. The van der Waals surface area contributed by atoms with E-state index in [0.717, 1.165) is 12.8 Å². The summed E-state index contributed by atoms with van der Waals surface area (Å²) in [4.78, 5) is 11.4. The summed E-state index contributed by atoms with van der Waals surface area (Å²) < 4.78 is 33.3. The Hall–Kier alpha value is -1.36. The lowest BCUT2D eigenvalue weighted by molar-refractivity contribution is -0.145. The highest BCUT2D eigenvalue weighted by Crippen LogP contribution is 2.48. The van der Waals surface area contributed by atoms with Crippen LogP contribution in [-0.2, 0) is 23.4 Å². The average Bonchev–Trinajstić information content (AvgIpc) is 2.51. The van der Waals surface area contributed by atoms with Crippen LogP contribution >= 0.6 is 7.60 Å². The van der Waals surface area contributed by atoms with Gasteiger partial charge in [0.1, 0.15) is 5.75 Å². The van der Waals surface area contributed by atoms with E-state index in [2.05, 4.69) is 0 Å². The molecule has 124 valence electrons. The Morgan fingerprint density at radius 1 is 1.18 bits per heavy atom. The summed E-state index contributed by atoms with van der Waals surface area (Å²) >= 11 is 0. The number of hydrogen-bond acceptors (Lipinski definition) is 6. The molecule has 0 aromatic heterocycles. The van der Waals surface area contributed by atoms with Crippen molar-refractivity contribution in [3.8, 4) is 5.75 Å². The maximum atomic E-state index is 12.7. The number of unbranched alkanes of at least 4 members (excludes halogenated alkanes) is 1. The molecule has 0 saturated heterocycles. The van der Waals surface area contributed by atoms with Crippen LogP contribution < -0.4 is 4.52 Å². The highest BCUT2D eigenvalue weighted by Gasteiger charge is 2.28. The smallest absolute Gasteiger partial charge is 0.405 e. The molecule has 0 spiro atoms. The highest BCUT2D eigenvalue weighted by molar-refractivity contribution is 7.54. The van der Waals surface area contributed by atoms with Crippen LogP contribution in [0.3, 0.4) is 0 Å².